The van der Waals surface area contributed by atoms with Gasteiger partial charge in [-0.3, -0.25) is 19.7 Å². The van der Waals surface area contributed by atoms with Crippen LogP contribution in [0.3, 0.4) is 0 Å². The maximum absolute atomic E-state index is 13.4. The Morgan fingerprint density at radius 3 is 2.46 bits per heavy atom. The van der Waals surface area contributed by atoms with E-state index in [-0.39, 0.29) is 43.4 Å². The Kier molecular flexibility index (Phi) is 9.14. The second-order valence-corrected chi connectivity index (χ2v) is 8.11. The highest BCUT2D eigenvalue weighted by Gasteiger charge is 2.24. The van der Waals surface area contributed by atoms with Gasteiger partial charge in [0.05, 0.1) is 24.3 Å². The van der Waals surface area contributed by atoms with E-state index in [1.807, 2.05) is 30.3 Å². The van der Waals surface area contributed by atoms with E-state index in [4.69, 9.17) is 9.15 Å². The lowest BCUT2D eigenvalue weighted by molar-refractivity contribution is -0.385. The van der Waals surface area contributed by atoms with Crippen LogP contribution in [0.1, 0.15) is 27.2 Å². The van der Waals surface area contributed by atoms with Crippen LogP contribution < -0.4 is 0 Å². The molecule has 0 spiro atoms. The molecule has 0 N–H and O–H groups in total. The molecule has 35 heavy (non-hydrogen) atoms. The summed E-state index contributed by atoms with van der Waals surface area (Å²) in [6.45, 7) is 2.50. The van der Waals surface area contributed by atoms with Crippen LogP contribution in [0.15, 0.2) is 71.3 Å². The number of hydrogen-bond donors (Lipinski definition) is 0. The lowest BCUT2D eigenvalue weighted by Crippen LogP contribution is -2.44. The summed E-state index contributed by atoms with van der Waals surface area (Å²) in [5.41, 5.74) is 1.55. The molecule has 1 heterocycles. The zero-order valence-electron chi connectivity index (χ0n) is 19.9. The maximum atomic E-state index is 13.4. The van der Waals surface area contributed by atoms with Crippen LogP contribution in [-0.4, -0.2) is 59.9 Å². The molecule has 3 rings (SSSR count). The number of nitro groups is 1. The lowest BCUT2D eigenvalue weighted by atomic mass is 10.1. The van der Waals surface area contributed by atoms with Crippen LogP contribution in [0.2, 0.25) is 0 Å². The summed E-state index contributed by atoms with van der Waals surface area (Å²) in [7, 11) is 1.50. The number of hydrogen-bond acceptors (Lipinski definition) is 6. The summed E-state index contributed by atoms with van der Waals surface area (Å²) in [6, 6.07) is 17.7. The summed E-state index contributed by atoms with van der Waals surface area (Å²) in [5, 5.41) is 11.3. The Hall–Kier alpha value is -3.98. The van der Waals surface area contributed by atoms with E-state index in [0.29, 0.717) is 24.3 Å². The summed E-state index contributed by atoms with van der Waals surface area (Å²) >= 11 is 0. The van der Waals surface area contributed by atoms with Crippen molar-refractivity contribution in [2.75, 3.05) is 33.4 Å². The standard InChI is InChI=1S/C26H29N3O6/c1-20-10-11-22(17-24(20)29(32)33)26(31)28(14-16-34-2)19-25(30)27(18-23-9-6-15-35-23)13-12-21-7-4-3-5-8-21/h3-11,15,17H,12-14,16,18-19H2,1-2H3. The van der Waals surface area contributed by atoms with E-state index < -0.39 is 10.8 Å². The van der Waals surface area contributed by atoms with Crippen LogP contribution >= 0.6 is 0 Å². The minimum absolute atomic E-state index is 0.142. The molecule has 9 heteroatoms. The van der Waals surface area contributed by atoms with Crippen molar-refractivity contribution >= 4 is 17.5 Å². The number of ether oxygens (including phenoxy) is 1. The minimum atomic E-state index is -0.522. The molecule has 0 saturated carbocycles. The molecule has 0 aliphatic carbocycles. The number of carbonyl (C=O) groups excluding carboxylic acids is 2. The number of nitrogens with zero attached hydrogens (tertiary/aromatic N) is 3. The molecular formula is C26H29N3O6. The largest absolute Gasteiger partial charge is 0.467 e. The maximum Gasteiger partial charge on any atom is 0.273 e. The Morgan fingerprint density at radius 1 is 1.03 bits per heavy atom. The van der Waals surface area contributed by atoms with Gasteiger partial charge >= 0.3 is 0 Å². The molecule has 0 unspecified atom stereocenters. The predicted molar refractivity (Wildman–Crippen MR) is 130 cm³/mol. The highest BCUT2D eigenvalue weighted by atomic mass is 16.6. The molecule has 0 aliphatic heterocycles. The number of methoxy groups -OCH3 is 1. The van der Waals surface area contributed by atoms with Crippen LogP contribution in [0.5, 0.6) is 0 Å². The fourth-order valence-corrected chi connectivity index (χ4v) is 3.63. The first-order valence-electron chi connectivity index (χ1n) is 11.3. The Morgan fingerprint density at radius 2 is 1.80 bits per heavy atom. The van der Waals surface area contributed by atoms with Crippen molar-refractivity contribution in [2.45, 2.75) is 19.9 Å². The van der Waals surface area contributed by atoms with Gasteiger partial charge in [-0.2, -0.15) is 0 Å². The summed E-state index contributed by atoms with van der Waals surface area (Å²) in [5.74, 6) is -0.0988. The van der Waals surface area contributed by atoms with Crippen molar-refractivity contribution in [3.8, 4) is 0 Å². The first-order valence-corrected chi connectivity index (χ1v) is 11.3. The van der Waals surface area contributed by atoms with E-state index in [1.54, 1.807) is 30.2 Å². The average molecular weight is 480 g/mol. The van der Waals surface area contributed by atoms with Gasteiger partial charge in [-0.1, -0.05) is 36.4 Å². The van der Waals surface area contributed by atoms with Crippen LogP contribution in [0.4, 0.5) is 5.69 Å². The van der Waals surface area contributed by atoms with Gasteiger partial charge < -0.3 is 19.0 Å². The van der Waals surface area contributed by atoms with Gasteiger partial charge in [0.25, 0.3) is 11.6 Å². The van der Waals surface area contributed by atoms with Gasteiger partial charge in [0.2, 0.25) is 5.91 Å². The Balaban J connectivity index is 1.79. The lowest BCUT2D eigenvalue weighted by Gasteiger charge is -2.27. The molecule has 9 nitrogen and oxygen atoms in total. The molecule has 0 fully saturated rings. The third-order valence-electron chi connectivity index (χ3n) is 5.62. The molecular weight excluding hydrogens is 450 g/mol. The predicted octanol–water partition coefficient (Wildman–Crippen LogP) is 3.86. The van der Waals surface area contributed by atoms with Crippen molar-refractivity contribution in [3.63, 3.8) is 0 Å². The van der Waals surface area contributed by atoms with Crippen molar-refractivity contribution in [1.82, 2.24) is 9.80 Å². The van der Waals surface area contributed by atoms with Gasteiger partial charge in [0.1, 0.15) is 12.3 Å². The normalized spacial score (nSPS) is 10.7. The quantitative estimate of drug-likeness (QED) is 0.289. The molecule has 0 atom stereocenters. The zero-order chi connectivity index (χ0) is 25.2. The van der Waals surface area contributed by atoms with Crippen LogP contribution in [0, 0.1) is 17.0 Å². The molecule has 1 aromatic heterocycles. The smallest absolute Gasteiger partial charge is 0.273 e. The first kappa shape index (κ1) is 25.6. The second kappa shape index (κ2) is 12.5. The van der Waals surface area contributed by atoms with E-state index in [9.17, 15) is 19.7 Å². The topological polar surface area (TPSA) is 106 Å². The number of carbonyl (C=O) groups is 2. The third-order valence-corrected chi connectivity index (χ3v) is 5.62. The number of nitro benzene ring substituents is 1. The molecule has 3 aromatic rings. The monoisotopic (exact) mass is 479 g/mol. The van der Waals surface area contributed by atoms with Gasteiger partial charge in [0.15, 0.2) is 0 Å². The summed E-state index contributed by atoms with van der Waals surface area (Å²) in [4.78, 5) is 40.4. The van der Waals surface area contributed by atoms with Gasteiger partial charge in [0, 0.05) is 37.4 Å². The third kappa shape index (κ3) is 7.25. The first-order chi connectivity index (χ1) is 16.9. The highest BCUT2D eigenvalue weighted by Crippen LogP contribution is 2.20. The van der Waals surface area contributed by atoms with Crippen LogP contribution in [-0.2, 0) is 22.5 Å². The number of rotatable bonds is 12. The molecule has 2 aromatic carbocycles. The van der Waals surface area contributed by atoms with E-state index in [0.717, 1.165) is 5.56 Å². The van der Waals surface area contributed by atoms with Gasteiger partial charge in [-0.05, 0) is 37.1 Å². The van der Waals surface area contributed by atoms with Crippen molar-refractivity contribution in [3.05, 3.63) is 99.5 Å². The van der Waals surface area contributed by atoms with Gasteiger partial charge in [-0.25, -0.2) is 0 Å². The average Bonchev–Trinajstić information content (AvgIpc) is 3.37. The molecule has 0 bridgehead atoms. The Bertz CT molecular complexity index is 1130. The molecule has 0 saturated heterocycles. The molecule has 0 aliphatic rings. The highest BCUT2D eigenvalue weighted by molar-refractivity contribution is 5.97. The van der Waals surface area contributed by atoms with Gasteiger partial charge in [-0.15, -0.1) is 0 Å². The van der Waals surface area contributed by atoms with E-state index >= 15 is 0 Å². The number of aryl methyl sites for hydroxylation is 1. The fourth-order valence-electron chi connectivity index (χ4n) is 3.63. The fraction of sp³-hybridized carbons (Fsp3) is 0.308. The van der Waals surface area contributed by atoms with Crippen LogP contribution in [0.25, 0.3) is 0 Å². The Labute approximate surface area is 204 Å². The van der Waals surface area contributed by atoms with E-state index in [2.05, 4.69) is 0 Å². The van der Waals surface area contributed by atoms with Crippen molar-refractivity contribution in [1.29, 1.82) is 0 Å². The minimum Gasteiger partial charge on any atom is -0.467 e. The number of amides is 2. The SMILES string of the molecule is COCCN(CC(=O)N(CCc1ccccc1)Cc1ccco1)C(=O)c1ccc(C)c([N+](=O)[O-])c1. The molecule has 184 valence electrons. The van der Waals surface area contributed by atoms with E-state index in [1.165, 1.54) is 30.2 Å². The summed E-state index contributed by atoms with van der Waals surface area (Å²) < 4.78 is 10.6. The number of furan rings is 1. The van der Waals surface area contributed by atoms with Crippen molar-refractivity contribution in [2.24, 2.45) is 0 Å². The summed E-state index contributed by atoms with van der Waals surface area (Å²) in [6.07, 6.45) is 2.19. The number of benzene rings is 2. The molecule has 0 radical (unpaired) electrons. The molecule has 2 amide bonds. The van der Waals surface area contributed by atoms with Crippen molar-refractivity contribution < 1.29 is 23.7 Å². The second-order valence-electron chi connectivity index (χ2n) is 8.11. The zero-order valence-corrected chi connectivity index (χ0v) is 19.9.